The number of nitrogens with zero attached hydrogens (tertiary/aromatic N) is 2. The first kappa shape index (κ1) is 12.1. The molecule has 0 atom stereocenters. The highest BCUT2D eigenvalue weighted by molar-refractivity contribution is 5.27. The number of rotatable bonds is 2. The van der Waals surface area contributed by atoms with E-state index in [1.807, 2.05) is 0 Å². The standard InChI is InChI=1S/C14H25N2/c1-12(13-4-8-15(2)9-5-13)14-6-10-16(3)11-7-14/h4,14H,5-11H2,1-3H3. The monoisotopic (exact) mass is 221 g/mol. The predicted octanol–water partition coefficient (Wildman–Crippen LogP) is 2.18. The molecule has 16 heavy (non-hydrogen) atoms. The van der Waals surface area contributed by atoms with Gasteiger partial charge in [-0.25, -0.2) is 0 Å². The minimum Gasteiger partial charge on any atom is -0.306 e. The number of piperidine rings is 1. The summed E-state index contributed by atoms with van der Waals surface area (Å²) in [5.41, 5.74) is 1.65. The molecule has 0 aromatic heterocycles. The van der Waals surface area contributed by atoms with Crippen LogP contribution in [0.4, 0.5) is 0 Å². The van der Waals surface area contributed by atoms with Crippen molar-refractivity contribution in [2.24, 2.45) is 5.92 Å². The van der Waals surface area contributed by atoms with E-state index >= 15 is 0 Å². The van der Waals surface area contributed by atoms with Gasteiger partial charge in [0.25, 0.3) is 0 Å². The number of likely N-dealkylation sites (tertiary alicyclic amines) is 1. The topological polar surface area (TPSA) is 6.48 Å². The number of hydrogen-bond acceptors (Lipinski definition) is 2. The molecular weight excluding hydrogens is 196 g/mol. The van der Waals surface area contributed by atoms with Crippen LogP contribution in [-0.4, -0.2) is 50.1 Å². The molecule has 0 spiro atoms. The quantitative estimate of drug-likeness (QED) is 0.705. The molecule has 91 valence electrons. The van der Waals surface area contributed by atoms with Crippen LogP contribution in [0, 0.1) is 11.8 Å². The fourth-order valence-corrected chi connectivity index (χ4v) is 2.83. The van der Waals surface area contributed by atoms with E-state index in [0.29, 0.717) is 0 Å². The first-order valence-corrected chi connectivity index (χ1v) is 6.56. The fraction of sp³-hybridized carbons (Fsp3) is 0.786. The summed E-state index contributed by atoms with van der Waals surface area (Å²) >= 11 is 0. The van der Waals surface area contributed by atoms with Gasteiger partial charge in [0.15, 0.2) is 0 Å². The van der Waals surface area contributed by atoms with Crippen LogP contribution >= 0.6 is 0 Å². The molecule has 2 nitrogen and oxygen atoms in total. The summed E-state index contributed by atoms with van der Waals surface area (Å²) in [6, 6.07) is 0. The van der Waals surface area contributed by atoms with Gasteiger partial charge < -0.3 is 9.80 Å². The maximum absolute atomic E-state index is 2.45. The van der Waals surface area contributed by atoms with Gasteiger partial charge in [-0.05, 0) is 52.4 Å². The molecular formula is C14H25N2. The van der Waals surface area contributed by atoms with Crippen LogP contribution in [0.3, 0.4) is 0 Å². The number of likely N-dealkylation sites (N-methyl/N-ethyl adjacent to an activating group) is 1. The normalized spacial score (nSPS) is 26.1. The smallest absolute Gasteiger partial charge is 0.0163 e. The van der Waals surface area contributed by atoms with Gasteiger partial charge in [0, 0.05) is 19.0 Å². The van der Waals surface area contributed by atoms with E-state index in [2.05, 4.69) is 36.9 Å². The lowest BCUT2D eigenvalue weighted by molar-refractivity contribution is 0.226. The van der Waals surface area contributed by atoms with Crippen molar-refractivity contribution >= 4 is 0 Å². The lowest BCUT2D eigenvalue weighted by atomic mass is 9.79. The summed E-state index contributed by atoms with van der Waals surface area (Å²) in [5.74, 6) is 2.53. The van der Waals surface area contributed by atoms with Crippen LogP contribution in [0.25, 0.3) is 0 Å². The van der Waals surface area contributed by atoms with Gasteiger partial charge in [0.2, 0.25) is 0 Å². The summed E-state index contributed by atoms with van der Waals surface area (Å²) < 4.78 is 0. The molecule has 2 aliphatic rings. The van der Waals surface area contributed by atoms with Gasteiger partial charge in [-0.2, -0.15) is 0 Å². The molecule has 1 fully saturated rings. The van der Waals surface area contributed by atoms with Crippen LogP contribution in [-0.2, 0) is 0 Å². The van der Waals surface area contributed by atoms with Gasteiger partial charge in [0.05, 0.1) is 0 Å². The summed E-state index contributed by atoms with van der Waals surface area (Å²) in [6.07, 6.45) is 6.41. The van der Waals surface area contributed by atoms with Crippen molar-refractivity contribution in [3.63, 3.8) is 0 Å². The number of hydrogen-bond donors (Lipinski definition) is 0. The third kappa shape index (κ3) is 2.86. The van der Waals surface area contributed by atoms with Crippen molar-refractivity contribution < 1.29 is 0 Å². The zero-order chi connectivity index (χ0) is 11.5. The average molecular weight is 221 g/mol. The maximum Gasteiger partial charge on any atom is 0.0163 e. The van der Waals surface area contributed by atoms with E-state index in [1.54, 1.807) is 11.5 Å². The van der Waals surface area contributed by atoms with Crippen molar-refractivity contribution in [1.82, 2.24) is 9.80 Å². The molecule has 0 saturated carbocycles. The molecule has 0 unspecified atom stereocenters. The van der Waals surface area contributed by atoms with E-state index in [9.17, 15) is 0 Å². The van der Waals surface area contributed by atoms with Gasteiger partial charge in [0.1, 0.15) is 0 Å². The molecule has 1 saturated heterocycles. The van der Waals surface area contributed by atoms with Crippen LogP contribution in [0.1, 0.15) is 26.2 Å². The van der Waals surface area contributed by atoms with Gasteiger partial charge >= 0.3 is 0 Å². The lowest BCUT2D eigenvalue weighted by Crippen LogP contribution is -2.33. The Hall–Kier alpha value is -0.340. The minimum absolute atomic E-state index is 0.853. The second kappa shape index (κ2) is 5.33. The van der Waals surface area contributed by atoms with E-state index in [1.165, 1.54) is 38.9 Å². The third-order valence-electron chi connectivity index (χ3n) is 4.25. The highest BCUT2D eigenvalue weighted by Gasteiger charge is 2.25. The maximum atomic E-state index is 2.45. The Balaban J connectivity index is 1.89. The largest absolute Gasteiger partial charge is 0.306 e. The molecule has 0 aliphatic carbocycles. The lowest BCUT2D eigenvalue weighted by Gasteiger charge is -2.35. The molecule has 0 amide bonds. The van der Waals surface area contributed by atoms with Crippen molar-refractivity contribution in [2.75, 3.05) is 40.3 Å². The fourth-order valence-electron chi connectivity index (χ4n) is 2.83. The predicted molar refractivity (Wildman–Crippen MR) is 69.3 cm³/mol. The second-order valence-corrected chi connectivity index (χ2v) is 5.50. The van der Waals surface area contributed by atoms with Crippen molar-refractivity contribution in [2.45, 2.75) is 26.2 Å². The van der Waals surface area contributed by atoms with Crippen molar-refractivity contribution in [1.29, 1.82) is 0 Å². The first-order valence-electron chi connectivity index (χ1n) is 6.56. The van der Waals surface area contributed by atoms with Crippen LogP contribution in [0.15, 0.2) is 11.6 Å². The molecule has 2 aliphatic heterocycles. The summed E-state index contributed by atoms with van der Waals surface area (Å²) in [4.78, 5) is 4.85. The highest BCUT2D eigenvalue weighted by Crippen LogP contribution is 2.33. The highest BCUT2D eigenvalue weighted by atomic mass is 15.1. The first-order chi connectivity index (χ1) is 7.66. The molecule has 0 bridgehead atoms. The Morgan fingerprint density at radius 2 is 1.81 bits per heavy atom. The van der Waals surface area contributed by atoms with Crippen molar-refractivity contribution in [3.8, 4) is 0 Å². The van der Waals surface area contributed by atoms with Crippen molar-refractivity contribution in [3.05, 3.63) is 17.6 Å². The second-order valence-electron chi connectivity index (χ2n) is 5.50. The molecule has 0 aromatic carbocycles. The summed E-state index contributed by atoms with van der Waals surface area (Å²) in [7, 11) is 4.44. The third-order valence-corrected chi connectivity index (χ3v) is 4.25. The average Bonchev–Trinajstić information content (AvgIpc) is 2.30. The summed E-state index contributed by atoms with van der Waals surface area (Å²) in [6.45, 7) is 7.28. The molecule has 2 rings (SSSR count). The Morgan fingerprint density at radius 1 is 1.12 bits per heavy atom. The van der Waals surface area contributed by atoms with E-state index in [4.69, 9.17) is 0 Å². The Labute approximate surface area is 100 Å². The molecule has 2 heteroatoms. The summed E-state index contributed by atoms with van der Waals surface area (Å²) in [5, 5.41) is 0. The van der Waals surface area contributed by atoms with Crippen LogP contribution in [0.2, 0.25) is 0 Å². The van der Waals surface area contributed by atoms with Gasteiger partial charge in [-0.1, -0.05) is 18.6 Å². The molecule has 1 radical (unpaired) electrons. The Bertz CT molecular complexity index is 251. The Kier molecular flexibility index (Phi) is 4.04. The molecule has 2 heterocycles. The SMILES string of the molecule is C[C](C1=CCN(C)CC1)C1CCN(C)CC1. The van der Waals surface area contributed by atoms with Crippen LogP contribution in [0.5, 0.6) is 0 Å². The van der Waals surface area contributed by atoms with E-state index in [-0.39, 0.29) is 0 Å². The van der Waals surface area contributed by atoms with E-state index < -0.39 is 0 Å². The molecule has 0 aromatic rings. The van der Waals surface area contributed by atoms with Gasteiger partial charge in [-0.15, -0.1) is 0 Å². The van der Waals surface area contributed by atoms with Gasteiger partial charge in [-0.3, -0.25) is 0 Å². The van der Waals surface area contributed by atoms with E-state index in [0.717, 1.165) is 12.5 Å². The van der Waals surface area contributed by atoms with Crippen LogP contribution < -0.4 is 0 Å². The minimum atomic E-state index is 0.853. The Morgan fingerprint density at radius 3 is 2.38 bits per heavy atom. The zero-order valence-electron chi connectivity index (χ0n) is 11.0. The molecule has 0 N–H and O–H groups in total. The zero-order valence-corrected chi connectivity index (χ0v) is 11.0.